The Morgan fingerprint density at radius 1 is 0.952 bits per heavy atom. The van der Waals surface area contributed by atoms with Crippen molar-refractivity contribution >= 4 is 28.1 Å². The molecule has 1 unspecified atom stereocenters. The van der Waals surface area contributed by atoms with E-state index in [9.17, 15) is 0 Å². The molecule has 0 aliphatic heterocycles. The number of benzene rings is 3. The van der Waals surface area contributed by atoms with Gasteiger partial charge in [0.25, 0.3) is 0 Å². The van der Waals surface area contributed by atoms with Gasteiger partial charge in [-0.3, -0.25) is 0 Å². The molecule has 1 N–H and O–H groups in total. The van der Waals surface area contributed by atoms with Crippen molar-refractivity contribution < 1.29 is 0 Å². The van der Waals surface area contributed by atoms with E-state index in [2.05, 4.69) is 59.9 Å². The Bertz CT molecular complexity index is 804. The molecule has 104 valence electrons. The van der Waals surface area contributed by atoms with Crippen LogP contribution in [0.2, 0.25) is 5.02 Å². The number of anilines is 1. The van der Waals surface area contributed by atoms with Gasteiger partial charge >= 0.3 is 0 Å². The second-order valence-electron chi connectivity index (χ2n) is 5.61. The fraction of sp³-hybridized carbons (Fsp3) is 0.158. The minimum absolute atomic E-state index is 0.378. The van der Waals surface area contributed by atoms with Crippen molar-refractivity contribution in [3.05, 3.63) is 76.8 Å². The summed E-state index contributed by atoms with van der Waals surface area (Å²) in [6, 6.07) is 21.6. The van der Waals surface area contributed by atoms with Crippen LogP contribution in [0.25, 0.3) is 10.8 Å². The minimum Gasteiger partial charge on any atom is -0.378 e. The first-order chi connectivity index (χ1) is 10.3. The first-order valence-corrected chi connectivity index (χ1v) is 7.72. The van der Waals surface area contributed by atoms with Crippen molar-refractivity contribution in [3.63, 3.8) is 0 Å². The highest BCUT2D eigenvalue weighted by Gasteiger charge is 2.22. The molecule has 0 radical (unpaired) electrons. The Labute approximate surface area is 129 Å². The average molecular weight is 294 g/mol. The number of hydrogen-bond donors (Lipinski definition) is 1. The maximum absolute atomic E-state index is 6.09. The summed E-state index contributed by atoms with van der Waals surface area (Å²) in [5.41, 5.74) is 3.97. The zero-order valence-corrected chi connectivity index (χ0v) is 12.4. The van der Waals surface area contributed by atoms with Gasteiger partial charge in [-0.1, -0.05) is 54.1 Å². The van der Waals surface area contributed by atoms with Crippen molar-refractivity contribution in [2.45, 2.75) is 18.9 Å². The molecule has 1 atom stereocenters. The predicted octanol–water partition coefficient (Wildman–Crippen LogP) is 5.59. The SMILES string of the molecule is Clc1ccc2c(c1)CCC2Nc1cccc2ccccc12. The normalized spacial score (nSPS) is 16.9. The lowest BCUT2D eigenvalue weighted by atomic mass is 10.1. The van der Waals surface area contributed by atoms with E-state index >= 15 is 0 Å². The molecule has 2 heteroatoms. The summed E-state index contributed by atoms with van der Waals surface area (Å²) in [5.74, 6) is 0. The van der Waals surface area contributed by atoms with E-state index in [1.807, 2.05) is 6.07 Å². The quantitative estimate of drug-likeness (QED) is 0.649. The fourth-order valence-electron chi connectivity index (χ4n) is 3.28. The standard InChI is InChI=1S/C19H16ClN/c20-15-9-10-17-14(12-15)8-11-19(17)21-18-7-3-5-13-4-1-2-6-16(13)18/h1-7,9-10,12,19,21H,8,11H2. The Morgan fingerprint density at radius 3 is 2.76 bits per heavy atom. The first kappa shape index (κ1) is 12.7. The molecule has 0 spiro atoms. The average Bonchev–Trinajstić information content (AvgIpc) is 2.90. The summed E-state index contributed by atoms with van der Waals surface area (Å²) < 4.78 is 0. The highest BCUT2D eigenvalue weighted by Crippen LogP contribution is 2.36. The van der Waals surface area contributed by atoms with Gasteiger partial charge in [-0.2, -0.15) is 0 Å². The van der Waals surface area contributed by atoms with Gasteiger partial charge in [-0.25, -0.2) is 0 Å². The van der Waals surface area contributed by atoms with E-state index in [-0.39, 0.29) is 0 Å². The molecule has 21 heavy (non-hydrogen) atoms. The Balaban J connectivity index is 1.71. The zero-order chi connectivity index (χ0) is 14.2. The third-order valence-electron chi connectivity index (χ3n) is 4.30. The second-order valence-corrected chi connectivity index (χ2v) is 6.04. The highest BCUT2D eigenvalue weighted by atomic mass is 35.5. The van der Waals surface area contributed by atoms with E-state index in [1.54, 1.807) is 0 Å². The molecule has 3 aromatic carbocycles. The van der Waals surface area contributed by atoms with Crippen LogP contribution in [0.5, 0.6) is 0 Å². The van der Waals surface area contributed by atoms with Gasteiger partial charge in [0.15, 0.2) is 0 Å². The van der Waals surface area contributed by atoms with Crippen molar-refractivity contribution in [1.82, 2.24) is 0 Å². The molecule has 0 saturated heterocycles. The number of hydrogen-bond acceptors (Lipinski definition) is 1. The summed E-state index contributed by atoms with van der Waals surface area (Å²) >= 11 is 6.09. The zero-order valence-electron chi connectivity index (χ0n) is 11.6. The Hall–Kier alpha value is -1.99. The molecule has 1 aliphatic carbocycles. The van der Waals surface area contributed by atoms with Gasteiger partial charge in [0.05, 0.1) is 6.04 Å². The monoisotopic (exact) mass is 293 g/mol. The largest absolute Gasteiger partial charge is 0.378 e. The maximum atomic E-state index is 6.09. The van der Waals surface area contributed by atoms with Gasteiger partial charge < -0.3 is 5.32 Å². The molecule has 1 aliphatic rings. The van der Waals surface area contributed by atoms with Crippen LogP contribution in [0.3, 0.4) is 0 Å². The number of aryl methyl sites for hydroxylation is 1. The molecule has 0 fully saturated rings. The number of nitrogens with one attached hydrogen (secondary N) is 1. The van der Waals surface area contributed by atoms with Crippen LogP contribution < -0.4 is 5.32 Å². The summed E-state index contributed by atoms with van der Waals surface area (Å²) in [7, 11) is 0. The molecule has 3 aromatic rings. The molecule has 0 heterocycles. The van der Waals surface area contributed by atoms with Gasteiger partial charge in [0.1, 0.15) is 0 Å². The lowest BCUT2D eigenvalue weighted by molar-refractivity contribution is 0.763. The summed E-state index contributed by atoms with van der Waals surface area (Å²) in [5, 5.41) is 7.10. The summed E-state index contributed by atoms with van der Waals surface area (Å²) in [4.78, 5) is 0. The van der Waals surface area contributed by atoms with Crippen LogP contribution in [-0.2, 0) is 6.42 Å². The smallest absolute Gasteiger partial charge is 0.0519 e. The van der Waals surface area contributed by atoms with Crippen molar-refractivity contribution in [2.75, 3.05) is 5.32 Å². The van der Waals surface area contributed by atoms with Crippen LogP contribution in [0.1, 0.15) is 23.6 Å². The van der Waals surface area contributed by atoms with Gasteiger partial charge in [-0.05, 0) is 47.6 Å². The van der Waals surface area contributed by atoms with Crippen LogP contribution in [0, 0.1) is 0 Å². The van der Waals surface area contributed by atoms with Crippen LogP contribution in [-0.4, -0.2) is 0 Å². The first-order valence-electron chi connectivity index (χ1n) is 7.34. The fourth-order valence-corrected chi connectivity index (χ4v) is 3.47. The molecular weight excluding hydrogens is 278 g/mol. The van der Waals surface area contributed by atoms with Crippen molar-refractivity contribution in [1.29, 1.82) is 0 Å². The third kappa shape index (κ3) is 2.28. The third-order valence-corrected chi connectivity index (χ3v) is 4.54. The summed E-state index contributed by atoms with van der Waals surface area (Å²) in [6.45, 7) is 0. The Kier molecular flexibility index (Phi) is 3.08. The summed E-state index contributed by atoms with van der Waals surface area (Å²) in [6.07, 6.45) is 2.22. The van der Waals surface area contributed by atoms with E-state index in [1.165, 1.54) is 27.6 Å². The van der Waals surface area contributed by atoms with E-state index < -0.39 is 0 Å². The molecule has 0 amide bonds. The topological polar surface area (TPSA) is 12.0 Å². The predicted molar refractivity (Wildman–Crippen MR) is 90.1 cm³/mol. The van der Waals surface area contributed by atoms with Crippen LogP contribution in [0.4, 0.5) is 5.69 Å². The van der Waals surface area contributed by atoms with Gasteiger partial charge in [0.2, 0.25) is 0 Å². The minimum atomic E-state index is 0.378. The number of fused-ring (bicyclic) bond motifs is 2. The van der Waals surface area contributed by atoms with Crippen LogP contribution in [0.15, 0.2) is 60.7 Å². The van der Waals surface area contributed by atoms with Crippen molar-refractivity contribution in [2.24, 2.45) is 0 Å². The van der Waals surface area contributed by atoms with Crippen LogP contribution >= 0.6 is 11.6 Å². The lowest BCUT2D eigenvalue weighted by Crippen LogP contribution is -2.07. The molecule has 0 aromatic heterocycles. The van der Waals surface area contributed by atoms with Gasteiger partial charge in [0, 0.05) is 16.1 Å². The number of rotatable bonds is 2. The van der Waals surface area contributed by atoms with Gasteiger partial charge in [-0.15, -0.1) is 0 Å². The highest BCUT2D eigenvalue weighted by molar-refractivity contribution is 6.30. The molecule has 1 nitrogen and oxygen atoms in total. The lowest BCUT2D eigenvalue weighted by Gasteiger charge is -2.17. The van der Waals surface area contributed by atoms with E-state index in [4.69, 9.17) is 11.6 Å². The number of halogens is 1. The molecule has 4 rings (SSSR count). The molecular formula is C19H16ClN. The van der Waals surface area contributed by atoms with E-state index in [0.29, 0.717) is 6.04 Å². The maximum Gasteiger partial charge on any atom is 0.0519 e. The molecule has 0 saturated carbocycles. The second kappa shape index (κ2) is 5.09. The molecule has 0 bridgehead atoms. The Morgan fingerprint density at radius 2 is 1.81 bits per heavy atom. The van der Waals surface area contributed by atoms with Crippen molar-refractivity contribution in [3.8, 4) is 0 Å². The van der Waals surface area contributed by atoms with E-state index in [0.717, 1.165) is 17.9 Å².